The summed E-state index contributed by atoms with van der Waals surface area (Å²) < 4.78 is 37.8. The predicted octanol–water partition coefficient (Wildman–Crippen LogP) is 3.07. The molecule has 0 aliphatic carbocycles. The maximum absolute atomic E-state index is 12.4. The molecular formula is C21H24F3N3O4S. The van der Waals surface area contributed by atoms with E-state index >= 15 is 0 Å². The Morgan fingerprint density at radius 2 is 2.06 bits per heavy atom. The fourth-order valence-corrected chi connectivity index (χ4v) is 4.37. The Bertz CT molecular complexity index is 880. The van der Waals surface area contributed by atoms with Gasteiger partial charge in [-0.1, -0.05) is 12.1 Å². The number of piperidine rings is 1. The summed E-state index contributed by atoms with van der Waals surface area (Å²) in [4.78, 5) is 29.3. The number of hydrogen-bond donors (Lipinski definition) is 2. The van der Waals surface area contributed by atoms with Gasteiger partial charge < -0.3 is 15.2 Å². The molecule has 0 unspecified atom stereocenters. The maximum atomic E-state index is 12.4. The quantitative estimate of drug-likeness (QED) is 0.697. The van der Waals surface area contributed by atoms with E-state index in [2.05, 4.69) is 21.3 Å². The third-order valence-electron chi connectivity index (χ3n) is 5.30. The molecule has 3 atom stereocenters. The number of halogens is 3. The lowest BCUT2D eigenvalue weighted by Gasteiger charge is -2.33. The third-order valence-corrected chi connectivity index (χ3v) is 6.18. The van der Waals surface area contributed by atoms with E-state index in [0.717, 1.165) is 38.2 Å². The van der Waals surface area contributed by atoms with E-state index in [4.69, 9.17) is 14.6 Å². The van der Waals surface area contributed by atoms with Crippen LogP contribution in [0.3, 0.4) is 0 Å². The molecule has 0 saturated carbocycles. The van der Waals surface area contributed by atoms with Gasteiger partial charge in [0, 0.05) is 24.2 Å². The summed E-state index contributed by atoms with van der Waals surface area (Å²) in [6.07, 6.45) is -1.45. The van der Waals surface area contributed by atoms with Crippen molar-refractivity contribution in [2.75, 3.05) is 13.1 Å². The number of ether oxygens (including phenoxy) is 1. The summed E-state index contributed by atoms with van der Waals surface area (Å²) in [5.74, 6) is -2.23. The molecule has 2 saturated heterocycles. The smallest absolute Gasteiger partial charge is 0.475 e. The number of aromatic nitrogens is 1. The third kappa shape index (κ3) is 7.01. The molecule has 4 rings (SSSR count). The van der Waals surface area contributed by atoms with Gasteiger partial charge in [0.25, 0.3) is 0 Å². The van der Waals surface area contributed by atoms with Gasteiger partial charge in [-0.3, -0.25) is 14.7 Å². The van der Waals surface area contributed by atoms with Crippen LogP contribution in [0.4, 0.5) is 13.2 Å². The van der Waals surface area contributed by atoms with Gasteiger partial charge in [0.2, 0.25) is 5.91 Å². The number of hydrogen-bond acceptors (Lipinski definition) is 6. The van der Waals surface area contributed by atoms with Gasteiger partial charge in [0.15, 0.2) is 0 Å². The van der Waals surface area contributed by atoms with Crippen LogP contribution < -0.4 is 5.32 Å². The van der Waals surface area contributed by atoms with Gasteiger partial charge in [0.1, 0.15) is 6.10 Å². The predicted molar refractivity (Wildman–Crippen MR) is 111 cm³/mol. The Balaban J connectivity index is 0.000000360. The van der Waals surface area contributed by atoms with Crippen molar-refractivity contribution in [1.29, 1.82) is 0 Å². The summed E-state index contributed by atoms with van der Waals surface area (Å²) in [5, 5.41) is 12.2. The second-order valence-corrected chi connectivity index (χ2v) is 8.64. The minimum absolute atomic E-state index is 0.0269. The highest BCUT2D eigenvalue weighted by atomic mass is 32.1. The van der Waals surface area contributed by atoms with Crippen LogP contribution in [0, 0.1) is 5.92 Å². The molecule has 2 fully saturated rings. The SMILES string of the molecule is O=C(NCc1cccs1)[C@@H]1C[C@@H]2CCN(Cc3ccccn3)C[C@H]2O1.O=C(O)C(F)(F)F. The average Bonchev–Trinajstić information content (AvgIpc) is 3.42. The number of alkyl halides is 3. The molecule has 1 amide bonds. The largest absolute Gasteiger partial charge is 0.490 e. The van der Waals surface area contributed by atoms with E-state index < -0.39 is 12.1 Å². The summed E-state index contributed by atoms with van der Waals surface area (Å²) in [6.45, 7) is 3.38. The molecule has 11 heteroatoms. The fourth-order valence-electron chi connectivity index (χ4n) is 3.73. The number of carboxylic acid groups (broad SMARTS) is 1. The highest BCUT2D eigenvalue weighted by Gasteiger charge is 2.41. The first-order chi connectivity index (χ1) is 15.2. The van der Waals surface area contributed by atoms with Crippen molar-refractivity contribution in [2.24, 2.45) is 5.92 Å². The Morgan fingerprint density at radius 3 is 2.69 bits per heavy atom. The molecule has 0 radical (unpaired) electrons. The number of likely N-dealkylation sites (tertiary alicyclic amines) is 1. The van der Waals surface area contributed by atoms with Gasteiger partial charge in [-0.15, -0.1) is 11.3 Å². The van der Waals surface area contributed by atoms with Crippen LogP contribution in [-0.2, 0) is 27.4 Å². The van der Waals surface area contributed by atoms with Crippen LogP contribution in [0.1, 0.15) is 23.4 Å². The molecule has 0 aromatic carbocycles. The fraction of sp³-hybridized carbons (Fsp3) is 0.476. The molecule has 2 N–H and O–H groups in total. The van der Waals surface area contributed by atoms with Crippen LogP contribution in [0.25, 0.3) is 0 Å². The number of aliphatic carboxylic acids is 1. The van der Waals surface area contributed by atoms with Crippen molar-refractivity contribution in [3.8, 4) is 0 Å². The van der Waals surface area contributed by atoms with Crippen molar-refractivity contribution in [3.05, 3.63) is 52.5 Å². The lowest BCUT2D eigenvalue weighted by atomic mass is 9.91. The van der Waals surface area contributed by atoms with E-state index in [1.165, 1.54) is 4.88 Å². The van der Waals surface area contributed by atoms with Crippen molar-refractivity contribution < 1.29 is 32.6 Å². The average molecular weight is 472 g/mol. The number of fused-ring (bicyclic) bond motifs is 1. The Labute approximate surface area is 187 Å². The number of carbonyl (C=O) groups excluding carboxylic acids is 1. The minimum Gasteiger partial charge on any atom is -0.475 e. The number of carbonyl (C=O) groups is 2. The zero-order chi connectivity index (χ0) is 23.1. The van der Waals surface area contributed by atoms with E-state index in [0.29, 0.717) is 12.5 Å². The van der Waals surface area contributed by atoms with E-state index in [-0.39, 0.29) is 18.1 Å². The van der Waals surface area contributed by atoms with Gasteiger partial charge in [-0.2, -0.15) is 13.2 Å². The molecule has 0 bridgehead atoms. The molecule has 2 aliphatic rings. The molecular weight excluding hydrogens is 447 g/mol. The van der Waals surface area contributed by atoms with Crippen LogP contribution in [-0.4, -0.2) is 58.3 Å². The van der Waals surface area contributed by atoms with E-state index in [1.54, 1.807) is 11.3 Å². The zero-order valence-corrected chi connectivity index (χ0v) is 17.9. The number of thiophene rings is 1. The van der Waals surface area contributed by atoms with Crippen LogP contribution in [0.5, 0.6) is 0 Å². The molecule has 2 aromatic rings. The summed E-state index contributed by atoms with van der Waals surface area (Å²) >= 11 is 1.66. The number of rotatable bonds is 5. The molecule has 32 heavy (non-hydrogen) atoms. The lowest BCUT2D eigenvalue weighted by Crippen LogP contribution is -2.42. The number of carboxylic acids is 1. The molecule has 0 spiro atoms. The highest BCUT2D eigenvalue weighted by Crippen LogP contribution is 2.33. The number of nitrogens with zero attached hydrogens (tertiary/aromatic N) is 2. The monoisotopic (exact) mass is 471 g/mol. The topological polar surface area (TPSA) is 91.8 Å². The van der Waals surface area contributed by atoms with Crippen molar-refractivity contribution in [2.45, 2.75) is 44.3 Å². The van der Waals surface area contributed by atoms with Gasteiger partial charge >= 0.3 is 12.1 Å². The molecule has 174 valence electrons. The zero-order valence-electron chi connectivity index (χ0n) is 17.1. The number of amides is 1. The summed E-state index contributed by atoms with van der Waals surface area (Å²) in [5.41, 5.74) is 1.09. The molecule has 2 aliphatic heterocycles. The highest BCUT2D eigenvalue weighted by molar-refractivity contribution is 7.09. The summed E-state index contributed by atoms with van der Waals surface area (Å²) in [7, 11) is 0. The van der Waals surface area contributed by atoms with Gasteiger partial charge in [-0.25, -0.2) is 4.79 Å². The van der Waals surface area contributed by atoms with Crippen LogP contribution >= 0.6 is 11.3 Å². The Hall–Kier alpha value is -2.50. The molecule has 4 heterocycles. The van der Waals surface area contributed by atoms with Crippen molar-refractivity contribution in [1.82, 2.24) is 15.2 Å². The van der Waals surface area contributed by atoms with Crippen LogP contribution in [0.15, 0.2) is 41.9 Å². The second-order valence-electron chi connectivity index (χ2n) is 7.60. The van der Waals surface area contributed by atoms with Crippen LogP contribution in [0.2, 0.25) is 0 Å². The first-order valence-electron chi connectivity index (χ1n) is 10.1. The lowest BCUT2D eigenvalue weighted by molar-refractivity contribution is -0.192. The first-order valence-corrected chi connectivity index (χ1v) is 11.0. The number of pyridine rings is 1. The van der Waals surface area contributed by atoms with E-state index in [1.807, 2.05) is 35.8 Å². The summed E-state index contributed by atoms with van der Waals surface area (Å²) in [6, 6.07) is 10.1. The maximum Gasteiger partial charge on any atom is 0.490 e. The normalized spacial score (nSPS) is 23.0. The minimum atomic E-state index is -5.08. The van der Waals surface area contributed by atoms with Gasteiger partial charge in [-0.05, 0) is 48.9 Å². The number of nitrogens with one attached hydrogen (secondary N) is 1. The Kier molecular flexibility index (Phi) is 8.21. The Morgan fingerprint density at radius 1 is 1.28 bits per heavy atom. The van der Waals surface area contributed by atoms with Crippen molar-refractivity contribution >= 4 is 23.2 Å². The molecule has 2 aromatic heterocycles. The van der Waals surface area contributed by atoms with Crippen molar-refractivity contribution in [3.63, 3.8) is 0 Å². The van der Waals surface area contributed by atoms with Gasteiger partial charge in [0.05, 0.1) is 18.3 Å². The molecule has 7 nitrogen and oxygen atoms in total. The standard InChI is InChI=1S/C19H23N3O2S.C2HF3O2/c23-19(21-11-16-5-3-9-25-16)17-10-14-6-8-22(13-18(14)24-17)12-15-4-1-2-7-20-15;3-2(4,5)1(6)7/h1-5,7,9,14,17-18H,6,8,10-13H2,(H,21,23);(H,6,7)/t14-,17-,18+;/m0./s1. The van der Waals surface area contributed by atoms with E-state index in [9.17, 15) is 18.0 Å². The first kappa shape index (κ1) is 24.1. The second kappa shape index (κ2) is 10.9.